The van der Waals surface area contributed by atoms with E-state index in [1.54, 1.807) is 30.3 Å². The van der Waals surface area contributed by atoms with Gasteiger partial charge in [-0.25, -0.2) is 8.42 Å². The van der Waals surface area contributed by atoms with Crippen LogP contribution in [0.15, 0.2) is 89.8 Å². The van der Waals surface area contributed by atoms with E-state index >= 15 is 0 Å². The predicted octanol–water partition coefficient (Wildman–Crippen LogP) is 4.03. The van der Waals surface area contributed by atoms with Gasteiger partial charge in [0, 0.05) is 31.0 Å². The van der Waals surface area contributed by atoms with E-state index < -0.39 is 10.0 Å². The summed E-state index contributed by atoms with van der Waals surface area (Å²) in [4.78, 5) is 0.144. The predicted molar refractivity (Wildman–Crippen MR) is 164 cm³/mol. The minimum atomic E-state index is -3.94. The molecule has 0 radical (unpaired) electrons. The Balaban J connectivity index is 1.45. The molecule has 4 aromatic carbocycles. The second kappa shape index (κ2) is 11.5. The molecule has 9 nitrogen and oxygen atoms in total. The number of nitrogen functional groups attached to an aromatic ring is 2. The molecule has 10 heteroatoms. The Morgan fingerprint density at radius 2 is 1.59 bits per heavy atom. The number of benzene rings is 4. The molecule has 0 atom stereocenters. The van der Waals surface area contributed by atoms with Crippen molar-refractivity contribution in [1.82, 2.24) is 0 Å². The van der Waals surface area contributed by atoms with E-state index in [0.717, 1.165) is 48.1 Å². The average Bonchev–Trinajstić information content (AvgIpc) is 2.96. The van der Waals surface area contributed by atoms with Crippen LogP contribution in [0, 0.1) is 5.41 Å². The van der Waals surface area contributed by atoms with Gasteiger partial charge < -0.3 is 16.2 Å². The Bertz CT molecular complexity index is 1700. The van der Waals surface area contributed by atoms with Crippen LogP contribution in [-0.4, -0.2) is 43.9 Å². The van der Waals surface area contributed by atoms with Crippen LogP contribution in [0.5, 0.6) is 5.75 Å². The van der Waals surface area contributed by atoms with Gasteiger partial charge >= 0.3 is 0 Å². The van der Waals surface area contributed by atoms with Crippen molar-refractivity contribution >= 4 is 43.8 Å². The molecule has 0 aliphatic carbocycles. The van der Waals surface area contributed by atoms with Crippen LogP contribution in [0.2, 0.25) is 0 Å². The van der Waals surface area contributed by atoms with Gasteiger partial charge in [-0.05, 0) is 77.0 Å². The maximum absolute atomic E-state index is 13.9. The summed E-state index contributed by atoms with van der Waals surface area (Å²) in [5.41, 5.74) is 19.8. The van der Waals surface area contributed by atoms with E-state index in [-0.39, 0.29) is 23.4 Å². The fraction of sp³-hybridized carbons (Fsp3) is 0.226. The van der Waals surface area contributed by atoms with Crippen molar-refractivity contribution in [3.05, 3.63) is 96.1 Å². The van der Waals surface area contributed by atoms with E-state index in [1.165, 1.54) is 16.4 Å². The number of sulfonamides is 1. The molecule has 1 aliphatic rings. The van der Waals surface area contributed by atoms with Crippen LogP contribution in [0.1, 0.15) is 30.9 Å². The number of hydrogen-bond donors (Lipinski definition) is 4. The molecule has 0 amide bonds. The smallest absolute Gasteiger partial charge is 0.264 e. The number of ether oxygens (including phenoxy) is 1. The molecule has 0 spiro atoms. The number of nitrogens with one attached hydrogen (secondary N) is 1. The van der Waals surface area contributed by atoms with Gasteiger partial charge in [-0.3, -0.25) is 20.0 Å². The standard InChI is InChI=1S/C31H34N6O3S/c1-21(32)36-16-14-29(15-17-36)40-28-10-8-27(9-11-28)37(41(38,39)30-12-6-26(33)7-13-30)20-22-2-3-23-4-5-24(31(34)35)19-25(23)18-22/h2-13,18-19,29,32H,14-17,20,33H2,1H3,(H3,34,35)/p+1. The second-order valence-electron chi connectivity index (χ2n) is 10.3. The molecule has 1 heterocycles. The monoisotopic (exact) mass is 571 g/mol. The number of hydrogen-bond acceptors (Lipinski definition) is 5. The van der Waals surface area contributed by atoms with Gasteiger partial charge in [0.15, 0.2) is 0 Å². The van der Waals surface area contributed by atoms with Crippen molar-refractivity contribution in [3.8, 4) is 5.75 Å². The van der Waals surface area contributed by atoms with Gasteiger partial charge in [0.25, 0.3) is 10.0 Å². The quantitative estimate of drug-likeness (QED) is 0.108. The van der Waals surface area contributed by atoms with Crippen LogP contribution < -0.4 is 26.2 Å². The highest BCUT2D eigenvalue weighted by Gasteiger charge is 2.26. The first-order valence-corrected chi connectivity index (χ1v) is 14.9. The first-order valence-electron chi connectivity index (χ1n) is 13.5. The van der Waals surface area contributed by atoms with Crippen molar-refractivity contribution in [2.75, 3.05) is 23.1 Å². The molecule has 0 unspecified atom stereocenters. The maximum Gasteiger partial charge on any atom is 0.264 e. The van der Waals surface area contributed by atoms with Crippen molar-refractivity contribution in [2.45, 2.75) is 37.3 Å². The second-order valence-corrected chi connectivity index (χ2v) is 12.2. The number of fused-ring (bicyclic) bond motifs is 1. The molecule has 5 rings (SSSR count). The third-order valence-corrected chi connectivity index (χ3v) is 9.17. The molecule has 7 N–H and O–H groups in total. The molecule has 1 fully saturated rings. The van der Waals surface area contributed by atoms with Crippen LogP contribution >= 0.6 is 0 Å². The Kier molecular flexibility index (Phi) is 7.85. The van der Waals surface area contributed by atoms with Crippen molar-refractivity contribution < 1.29 is 17.7 Å². The van der Waals surface area contributed by atoms with Crippen molar-refractivity contribution in [2.24, 2.45) is 11.5 Å². The average molecular weight is 572 g/mol. The summed E-state index contributed by atoms with van der Waals surface area (Å²) in [7, 11) is -3.94. The molecule has 0 aromatic heterocycles. The third kappa shape index (κ3) is 6.28. The number of anilines is 2. The molecular formula is C31H35N6O3S+. The SMILES string of the molecule is CC(N)=[N+]1CCC(Oc2ccc(N(Cc3ccc4ccc(C(=N)N)cc4c3)S(=O)(=O)c3ccc(N)cc3)cc2)CC1. The van der Waals surface area contributed by atoms with Gasteiger partial charge in [-0.1, -0.05) is 24.3 Å². The number of piperidine rings is 1. The van der Waals surface area contributed by atoms with E-state index in [0.29, 0.717) is 22.7 Å². The Morgan fingerprint density at radius 1 is 0.927 bits per heavy atom. The summed E-state index contributed by atoms with van der Waals surface area (Å²) in [6, 6.07) is 24.7. The van der Waals surface area contributed by atoms with Crippen molar-refractivity contribution in [1.29, 1.82) is 5.41 Å². The lowest BCUT2D eigenvalue weighted by atomic mass is 10.0. The zero-order valence-electron chi connectivity index (χ0n) is 23.0. The van der Waals surface area contributed by atoms with Gasteiger partial charge in [-0.15, -0.1) is 0 Å². The first-order chi connectivity index (χ1) is 19.6. The molecule has 1 aliphatic heterocycles. The topological polar surface area (TPSA) is 152 Å². The summed E-state index contributed by atoms with van der Waals surface area (Å²) < 4.78 is 37.6. The normalized spacial score (nSPS) is 15.4. The summed E-state index contributed by atoms with van der Waals surface area (Å²) >= 11 is 0. The number of nitrogens with zero attached hydrogens (tertiary/aromatic N) is 2. The van der Waals surface area contributed by atoms with Gasteiger partial charge in [0.2, 0.25) is 5.84 Å². The summed E-state index contributed by atoms with van der Waals surface area (Å²) in [5.74, 6) is 1.49. The molecule has 212 valence electrons. The van der Waals surface area contributed by atoms with Crippen molar-refractivity contribution in [3.63, 3.8) is 0 Å². The minimum Gasteiger partial charge on any atom is -0.490 e. The minimum absolute atomic E-state index is 0.0226. The van der Waals surface area contributed by atoms with Crippen LogP contribution in [0.3, 0.4) is 0 Å². The Labute approximate surface area is 240 Å². The molecule has 41 heavy (non-hydrogen) atoms. The van der Waals surface area contributed by atoms with E-state index in [9.17, 15) is 8.42 Å². The largest absolute Gasteiger partial charge is 0.490 e. The Morgan fingerprint density at radius 3 is 2.22 bits per heavy atom. The van der Waals surface area contributed by atoms with Crippen LogP contribution in [0.25, 0.3) is 10.8 Å². The highest BCUT2D eigenvalue weighted by Crippen LogP contribution is 2.30. The zero-order valence-corrected chi connectivity index (χ0v) is 23.8. The highest BCUT2D eigenvalue weighted by atomic mass is 32.2. The molecule has 1 saturated heterocycles. The number of rotatable bonds is 8. The molecule has 0 bridgehead atoms. The van der Waals surface area contributed by atoms with Crippen LogP contribution in [0.4, 0.5) is 11.4 Å². The molecule has 4 aromatic rings. The van der Waals surface area contributed by atoms with E-state index in [2.05, 4.69) is 4.58 Å². The number of amidine groups is 2. The summed E-state index contributed by atoms with van der Waals surface area (Å²) in [6.45, 7) is 3.70. The lowest BCUT2D eigenvalue weighted by Crippen LogP contribution is -2.37. The van der Waals surface area contributed by atoms with Gasteiger partial charge in [-0.2, -0.15) is 0 Å². The van der Waals surface area contributed by atoms with Gasteiger partial charge in [0.05, 0.1) is 30.2 Å². The first kappa shape index (κ1) is 28.0. The van der Waals surface area contributed by atoms with Gasteiger partial charge in [0.1, 0.15) is 17.7 Å². The zero-order chi connectivity index (χ0) is 29.1. The number of nitrogens with two attached hydrogens (primary N) is 3. The maximum atomic E-state index is 13.9. The lowest BCUT2D eigenvalue weighted by molar-refractivity contribution is -0.542. The Hall–Kier alpha value is -4.57. The summed E-state index contributed by atoms with van der Waals surface area (Å²) in [5, 5.41) is 9.61. The summed E-state index contributed by atoms with van der Waals surface area (Å²) in [6.07, 6.45) is 1.80. The molecular weight excluding hydrogens is 536 g/mol. The highest BCUT2D eigenvalue weighted by molar-refractivity contribution is 7.92. The van der Waals surface area contributed by atoms with Crippen LogP contribution in [-0.2, 0) is 16.6 Å². The third-order valence-electron chi connectivity index (χ3n) is 7.38. The lowest BCUT2D eigenvalue weighted by Gasteiger charge is -2.26. The van der Waals surface area contributed by atoms with E-state index in [4.69, 9.17) is 27.3 Å². The fourth-order valence-corrected chi connectivity index (χ4v) is 6.47. The molecule has 0 saturated carbocycles. The fourth-order valence-electron chi connectivity index (χ4n) is 5.02. The van der Waals surface area contributed by atoms with E-state index in [1.807, 2.05) is 49.4 Å².